The quantitative estimate of drug-likeness (QED) is 0.186. The van der Waals surface area contributed by atoms with Gasteiger partial charge in [0.1, 0.15) is 11.2 Å². The highest BCUT2D eigenvalue weighted by atomic mass is 16.3. The highest BCUT2D eigenvalue weighted by molar-refractivity contribution is 6.22. The summed E-state index contributed by atoms with van der Waals surface area (Å²) < 4.78 is 14.5. The van der Waals surface area contributed by atoms with Crippen LogP contribution >= 0.6 is 0 Å². The topological polar surface area (TPSA) is 13.1 Å². The average molecular weight is 590 g/mol. The molecule has 1 heterocycles. The first-order valence-corrected chi connectivity index (χ1v) is 16.0. The third-order valence-electron chi connectivity index (χ3n) is 9.56. The van der Waals surface area contributed by atoms with E-state index in [0.29, 0.717) is 12.0 Å². The van der Waals surface area contributed by atoms with Gasteiger partial charge in [-0.25, -0.2) is 0 Å². The zero-order chi connectivity index (χ0) is 31.6. The molecule has 1 heteroatoms. The van der Waals surface area contributed by atoms with Crippen LogP contribution in [0.15, 0.2) is 156 Å². The second kappa shape index (κ2) is 10.5. The van der Waals surface area contributed by atoms with E-state index in [-0.39, 0.29) is 0 Å². The van der Waals surface area contributed by atoms with Crippen LogP contribution < -0.4 is 0 Å². The first kappa shape index (κ1) is 25.6. The van der Waals surface area contributed by atoms with Crippen molar-refractivity contribution in [3.8, 4) is 33.4 Å². The van der Waals surface area contributed by atoms with E-state index >= 15 is 0 Å². The van der Waals surface area contributed by atoms with Crippen molar-refractivity contribution >= 4 is 54.3 Å². The van der Waals surface area contributed by atoms with Gasteiger partial charge in [-0.2, -0.15) is 0 Å². The molecule has 9 rings (SSSR count). The summed E-state index contributed by atoms with van der Waals surface area (Å²) >= 11 is 0. The minimum absolute atomic E-state index is 0.385. The highest BCUT2D eigenvalue weighted by Gasteiger charge is 2.19. The minimum atomic E-state index is 0.385. The van der Waals surface area contributed by atoms with Crippen LogP contribution in [0.5, 0.6) is 0 Å². The number of benzene rings is 8. The van der Waals surface area contributed by atoms with Gasteiger partial charge in [0, 0.05) is 10.8 Å². The van der Waals surface area contributed by atoms with E-state index < -0.39 is 0 Å². The Balaban J connectivity index is 1.23. The molecule has 218 valence electrons. The summed E-state index contributed by atoms with van der Waals surface area (Å²) in [5, 5.41) is 9.52. The lowest BCUT2D eigenvalue weighted by molar-refractivity contribution is 0.657. The SMILES string of the molecule is [2H]c1ccc2cc(-c3c4ccccc4c(-c4ccc(-c5cccc6oc7c(C(C)C)cccc7c56)cc4)c4ccccc34)ccc2c1. The summed E-state index contributed by atoms with van der Waals surface area (Å²) in [6.07, 6.45) is 0. The molecule has 0 aliphatic carbocycles. The molecule has 0 bridgehead atoms. The molecule has 1 nitrogen and oxygen atoms in total. The zero-order valence-electron chi connectivity index (χ0n) is 26.8. The molecular weight excluding hydrogens is 556 g/mol. The lowest BCUT2D eigenvalue weighted by atomic mass is 9.85. The second-order valence-corrected chi connectivity index (χ2v) is 12.6. The average Bonchev–Trinajstić information content (AvgIpc) is 3.49. The molecular formula is C45H32O. The van der Waals surface area contributed by atoms with Gasteiger partial charge in [0.15, 0.2) is 0 Å². The summed E-state index contributed by atoms with van der Waals surface area (Å²) in [6, 6.07) is 52.6. The maximum atomic E-state index is 8.06. The van der Waals surface area contributed by atoms with Gasteiger partial charge in [-0.1, -0.05) is 153 Å². The van der Waals surface area contributed by atoms with Crippen molar-refractivity contribution in [2.45, 2.75) is 19.8 Å². The fourth-order valence-corrected chi connectivity index (χ4v) is 7.41. The third-order valence-corrected chi connectivity index (χ3v) is 9.56. The van der Waals surface area contributed by atoms with E-state index in [9.17, 15) is 0 Å². The van der Waals surface area contributed by atoms with E-state index in [1.54, 1.807) is 0 Å². The molecule has 0 amide bonds. The zero-order valence-corrected chi connectivity index (χ0v) is 25.8. The molecule has 0 saturated carbocycles. The second-order valence-electron chi connectivity index (χ2n) is 12.6. The Hall–Kier alpha value is -5.66. The molecule has 1 aromatic heterocycles. The van der Waals surface area contributed by atoms with Crippen LogP contribution in [0.2, 0.25) is 0 Å². The van der Waals surface area contributed by atoms with Gasteiger partial charge < -0.3 is 4.42 Å². The number of hydrogen-bond acceptors (Lipinski definition) is 1. The molecule has 0 fully saturated rings. The van der Waals surface area contributed by atoms with Crippen molar-refractivity contribution in [1.82, 2.24) is 0 Å². The lowest BCUT2D eigenvalue weighted by Crippen LogP contribution is -1.91. The Bertz CT molecular complexity index is 2600. The van der Waals surface area contributed by atoms with E-state index in [1.807, 2.05) is 12.1 Å². The van der Waals surface area contributed by atoms with E-state index in [0.717, 1.165) is 21.9 Å². The van der Waals surface area contributed by atoms with Crippen molar-refractivity contribution in [3.63, 3.8) is 0 Å². The Morgan fingerprint density at radius 1 is 0.500 bits per heavy atom. The standard InChI is InChI=1S/C45H32O/c1-28(2)34-17-9-19-40-44-35(18-10-20-41(44)46-45(34)40)30-22-24-31(25-23-30)42-36-13-5-7-15-38(36)43(39-16-8-6-14-37(39)42)33-26-21-29-11-3-4-12-32(29)27-33/h3-28H,1-2H3/i3D. The fourth-order valence-electron chi connectivity index (χ4n) is 7.41. The van der Waals surface area contributed by atoms with Crippen LogP contribution in [-0.4, -0.2) is 0 Å². The maximum absolute atomic E-state index is 8.06. The smallest absolute Gasteiger partial charge is 0.138 e. The van der Waals surface area contributed by atoms with E-state index in [2.05, 4.69) is 147 Å². The van der Waals surface area contributed by atoms with Gasteiger partial charge in [-0.3, -0.25) is 0 Å². The van der Waals surface area contributed by atoms with E-state index in [4.69, 9.17) is 5.79 Å². The monoisotopic (exact) mass is 589 g/mol. The number of para-hydroxylation sites is 1. The predicted molar refractivity (Wildman–Crippen MR) is 197 cm³/mol. The Labute approximate surface area is 269 Å². The molecule has 0 aliphatic heterocycles. The Morgan fingerprint density at radius 2 is 1.11 bits per heavy atom. The molecule has 0 N–H and O–H groups in total. The lowest BCUT2D eigenvalue weighted by Gasteiger charge is -2.18. The Kier molecular flexibility index (Phi) is 5.83. The first-order chi connectivity index (χ1) is 23.0. The van der Waals surface area contributed by atoms with Crippen LogP contribution in [-0.2, 0) is 0 Å². The van der Waals surface area contributed by atoms with Crippen molar-refractivity contribution in [1.29, 1.82) is 0 Å². The first-order valence-electron chi connectivity index (χ1n) is 16.5. The van der Waals surface area contributed by atoms with E-state index in [1.165, 1.54) is 71.3 Å². The molecule has 8 aromatic carbocycles. The molecule has 0 atom stereocenters. The van der Waals surface area contributed by atoms with Gasteiger partial charge in [0.25, 0.3) is 0 Å². The van der Waals surface area contributed by atoms with Gasteiger partial charge in [-0.05, 0) is 89.3 Å². The highest BCUT2D eigenvalue weighted by Crippen LogP contribution is 2.45. The van der Waals surface area contributed by atoms with Crippen molar-refractivity contribution in [3.05, 3.63) is 157 Å². The van der Waals surface area contributed by atoms with Crippen LogP contribution in [0.4, 0.5) is 0 Å². The van der Waals surface area contributed by atoms with Gasteiger partial charge in [-0.15, -0.1) is 0 Å². The fraction of sp³-hybridized carbons (Fsp3) is 0.0667. The van der Waals surface area contributed by atoms with Crippen molar-refractivity contribution in [2.24, 2.45) is 0 Å². The maximum Gasteiger partial charge on any atom is 0.138 e. The molecule has 46 heavy (non-hydrogen) atoms. The number of fused-ring (bicyclic) bond motifs is 6. The van der Waals surface area contributed by atoms with Gasteiger partial charge in [0.2, 0.25) is 0 Å². The summed E-state index contributed by atoms with van der Waals surface area (Å²) in [4.78, 5) is 0. The molecule has 0 radical (unpaired) electrons. The van der Waals surface area contributed by atoms with Crippen LogP contribution in [0.3, 0.4) is 0 Å². The summed E-state index contributed by atoms with van der Waals surface area (Å²) in [5.74, 6) is 0.385. The van der Waals surface area contributed by atoms with Crippen LogP contribution in [0.1, 0.15) is 26.7 Å². The molecule has 0 unspecified atom stereocenters. The number of furan rings is 1. The predicted octanol–water partition coefficient (Wildman–Crippen LogP) is 13.2. The van der Waals surface area contributed by atoms with Gasteiger partial charge >= 0.3 is 0 Å². The van der Waals surface area contributed by atoms with Crippen LogP contribution in [0, 0.1) is 0 Å². The van der Waals surface area contributed by atoms with Crippen molar-refractivity contribution < 1.29 is 5.79 Å². The molecule has 9 aromatic rings. The largest absolute Gasteiger partial charge is 0.456 e. The molecule has 0 aliphatic rings. The van der Waals surface area contributed by atoms with Crippen molar-refractivity contribution in [2.75, 3.05) is 0 Å². The third kappa shape index (κ3) is 4.09. The Morgan fingerprint density at radius 3 is 1.80 bits per heavy atom. The summed E-state index contributed by atoms with van der Waals surface area (Å²) in [5.41, 5.74) is 10.4. The van der Waals surface area contributed by atoms with Crippen LogP contribution in [0.25, 0.3) is 87.6 Å². The normalized spacial score (nSPS) is 12.2. The summed E-state index contributed by atoms with van der Waals surface area (Å²) in [7, 11) is 0. The number of hydrogen-bond donors (Lipinski definition) is 0. The molecule has 0 saturated heterocycles. The van der Waals surface area contributed by atoms with Gasteiger partial charge in [0.05, 0.1) is 1.37 Å². The minimum Gasteiger partial charge on any atom is -0.456 e. The molecule has 0 spiro atoms. The number of rotatable bonds is 4. The summed E-state index contributed by atoms with van der Waals surface area (Å²) in [6.45, 7) is 4.44.